The molecule has 0 bridgehead atoms. The molecule has 1 aromatic carbocycles. The molecule has 7 heteroatoms. The average molecular weight is 323 g/mol. The van der Waals surface area contributed by atoms with Gasteiger partial charge in [-0.15, -0.1) is 0 Å². The standard InChI is InChI=1S/C17H17N5O2/c23-16(13-2-1-5-18-7-13)22-17-20-8-12-4-3-11(6-14(12)21-17)15-9-19-10-24-15/h3-4,6,8-10,13,18H,1-2,5,7H2,(H,20,21,22,23). The summed E-state index contributed by atoms with van der Waals surface area (Å²) in [4.78, 5) is 24.9. The Bertz CT molecular complexity index is 857. The highest BCUT2D eigenvalue weighted by atomic mass is 16.3. The van der Waals surface area contributed by atoms with Gasteiger partial charge in [0.05, 0.1) is 17.6 Å². The summed E-state index contributed by atoms with van der Waals surface area (Å²) < 4.78 is 5.31. The first kappa shape index (κ1) is 14.8. The van der Waals surface area contributed by atoms with Crippen LogP contribution in [0.1, 0.15) is 12.8 Å². The Morgan fingerprint density at radius 1 is 1.33 bits per heavy atom. The molecule has 7 nitrogen and oxygen atoms in total. The number of nitrogens with one attached hydrogen (secondary N) is 2. The van der Waals surface area contributed by atoms with Gasteiger partial charge in [0.2, 0.25) is 11.9 Å². The summed E-state index contributed by atoms with van der Waals surface area (Å²) in [7, 11) is 0. The van der Waals surface area contributed by atoms with E-state index in [2.05, 4.69) is 25.6 Å². The molecule has 1 amide bonds. The molecule has 1 unspecified atom stereocenters. The van der Waals surface area contributed by atoms with Crippen molar-refractivity contribution >= 4 is 22.8 Å². The molecule has 1 atom stereocenters. The van der Waals surface area contributed by atoms with Crippen LogP contribution in [-0.4, -0.2) is 33.9 Å². The lowest BCUT2D eigenvalue weighted by atomic mass is 9.99. The number of nitrogens with zero attached hydrogens (tertiary/aromatic N) is 3. The van der Waals surface area contributed by atoms with Crippen molar-refractivity contribution in [2.24, 2.45) is 5.92 Å². The smallest absolute Gasteiger partial charge is 0.231 e. The zero-order valence-corrected chi connectivity index (χ0v) is 13.0. The van der Waals surface area contributed by atoms with Crippen LogP contribution in [0.4, 0.5) is 5.95 Å². The van der Waals surface area contributed by atoms with Crippen LogP contribution in [0.5, 0.6) is 0 Å². The Labute approximate surface area is 138 Å². The molecule has 122 valence electrons. The number of aromatic nitrogens is 3. The monoisotopic (exact) mass is 323 g/mol. The Hall–Kier alpha value is -2.80. The molecule has 1 saturated heterocycles. The maximum Gasteiger partial charge on any atom is 0.231 e. The van der Waals surface area contributed by atoms with Gasteiger partial charge < -0.3 is 9.73 Å². The minimum Gasteiger partial charge on any atom is -0.444 e. The minimum absolute atomic E-state index is 0.0291. The molecular formula is C17H17N5O2. The summed E-state index contributed by atoms with van der Waals surface area (Å²) >= 11 is 0. The molecule has 1 fully saturated rings. The molecule has 2 N–H and O–H groups in total. The third kappa shape index (κ3) is 2.98. The van der Waals surface area contributed by atoms with E-state index in [0.717, 1.165) is 35.9 Å². The quantitative estimate of drug-likeness (QED) is 0.768. The van der Waals surface area contributed by atoms with Gasteiger partial charge >= 0.3 is 0 Å². The molecule has 3 heterocycles. The zero-order chi connectivity index (χ0) is 16.4. The fourth-order valence-electron chi connectivity index (χ4n) is 2.88. The van der Waals surface area contributed by atoms with Gasteiger partial charge in [-0.05, 0) is 25.5 Å². The highest BCUT2D eigenvalue weighted by Crippen LogP contribution is 2.23. The lowest BCUT2D eigenvalue weighted by Crippen LogP contribution is -2.37. The van der Waals surface area contributed by atoms with Gasteiger partial charge in [0.15, 0.2) is 12.2 Å². The Morgan fingerprint density at radius 2 is 2.29 bits per heavy atom. The Kier molecular flexibility index (Phi) is 3.92. The van der Waals surface area contributed by atoms with Crippen molar-refractivity contribution in [3.05, 3.63) is 37.0 Å². The number of oxazole rings is 1. The van der Waals surface area contributed by atoms with Crippen molar-refractivity contribution in [1.29, 1.82) is 0 Å². The molecule has 0 spiro atoms. The Morgan fingerprint density at radius 3 is 3.08 bits per heavy atom. The number of carbonyl (C=O) groups is 1. The fourth-order valence-corrected chi connectivity index (χ4v) is 2.88. The van der Waals surface area contributed by atoms with Crippen molar-refractivity contribution < 1.29 is 9.21 Å². The number of piperidine rings is 1. The second-order valence-electron chi connectivity index (χ2n) is 5.87. The van der Waals surface area contributed by atoms with Gasteiger partial charge in [-0.2, -0.15) is 0 Å². The van der Waals surface area contributed by atoms with Crippen LogP contribution in [0.25, 0.3) is 22.2 Å². The molecule has 3 aromatic rings. The van der Waals surface area contributed by atoms with E-state index in [9.17, 15) is 4.79 Å². The highest BCUT2D eigenvalue weighted by Gasteiger charge is 2.21. The number of benzene rings is 1. The molecule has 1 aliphatic heterocycles. The van der Waals surface area contributed by atoms with Gasteiger partial charge in [0, 0.05) is 23.7 Å². The van der Waals surface area contributed by atoms with E-state index >= 15 is 0 Å². The molecule has 1 aliphatic rings. The molecule has 0 radical (unpaired) electrons. The topological polar surface area (TPSA) is 92.9 Å². The summed E-state index contributed by atoms with van der Waals surface area (Å²) in [5, 5.41) is 6.96. The summed E-state index contributed by atoms with van der Waals surface area (Å²) in [6.07, 6.45) is 6.66. The van der Waals surface area contributed by atoms with Crippen LogP contribution in [0.3, 0.4) is 0 Å². The van der Waals surface area contributed by atoms with Crippen LogP contribution in [0.2, 0.25) is 0 Å². The first-order valence-electron chi connectivity index (χ1n) is 7.97. The number of carbonyl (C=O) groups excluding carboxylic acids is 1. The van der Waals surface area contributed by atoms with Gasteiger partial charge in [0.25, 0.3) is 0 Å². The van der Waals surface area contributed by atoms with E-state index in [1.165, 1.54) is 6.39 Å². The van der Waals surface area contributed by atoms with Crippen LogP contribution >= 0.6 is 0 Å². The van der Waals surface area contributed by atoms with Crippen molar-refractivity contribution in [3.8, 4) is 11.3 Å². The number of hydrogen-bond acceptors (Lipinski definition) is 6. The van der Waals surface area contributed by atoms with Crippen molar-refractivity contribution in [2.75, 3.05) is 18.4 Å². The van der Waals surface area contributed by atoms with E-state index in [4.69, 9.17) is 4.42 Å². The average Bonchev–Trinajstić information content (AvgIpc) is 3.16. The van der Waals surface area contributed by atoms with Crippen LogP contribution < -0.4 is 10.6 Å². The fraction of sp³-hybridized carbons (Fsp3) is 0.294. The zero-order valence-electron chi connectivity index (χ0n) is 13.0. The predicted molar refractivity (Wildman–Crippen MR) is 89.3 cm³/mol. The minimum atomic E-state index is -0.0343. The van der Waals surface area contributed by atoms with Gasteiger partial charge in [-0.25, -0.2) is 15.0 Å². The largest absolute Gasteiger partial charge is 0.444 e. The van der Waals surface area contributed by atoms with E-state index < -0.39 is 0 Å². The molecular weight excluding hydrogens is 306 g/mol. The second-order valence-corrected chi connectivity index (χ2v) is 5.87. The highest BCUT2D eigenvalue weighted by molar-refractivity contribution is 5.92. The molecule has 24 heavy (non-hydrogen) atoms. The third-order valence-corrected chi connectivity index (χ3v) is 4.20. The molecule has 2 aromatic heterocycles. The molecule has 0 aliphatic carbocycles. The lowest BCUT2D eigenvalue weighted by molar-refractivity contribution is -0.120. The summed E-state index contributed by atoms with van der Waals surface area (Å²) in [6, 6.07) is 5.75. The van der Waals surface area contributed by atoms with Gasteiger partial charge in [-0.1, -0.05) is 12.1 Å². The Balaban J connectivity index is 1.58. The molecule has 0 saturated carbocycles. The van der Waals surface area contributed by atoms with E-state index in [1.54, 1.807) is 12.4 Å². The second kappa shape index (κ2) is 6.37. The van der Waals surface area contributed by atoms with E-state index in [-0.39, 0.29) is 11.8 Å². The number of anilines is 1. The normalized spacial score (nSPS) is 17.8. The van der Waals surface area contributed by atoms with Crippen molar-refractivity contribution in [1.82, 2.24) is 20.3 Å². The first-order valence-corrected chi connectivity index (χ1v) is 7.97. The van der Waals surface area contributed by atoms with Gasteiger partial charge in [-0.3, -0.25) is 10.1 Å². The first-order chi connectivity index (χ1) is 11.8. The maximum absolute atomic E-state index is 12.3. The summed E-state index contributed by atoms with van der Waals surface area (Å²) in [6.45, 7) is 1.68. The number of rotatable bonds is 3. The van der Waals surface area contributed by atoms with E-state index in [1.807, 2.05) is 18.2 Å². The summed E-state index contributed by atoms with van der Waals surface area (Å²) in [5.74, 6) is 0.939. The maximum atomic E-state index is 12.3. The number of hydrogen-bond donors (Lipinski definition) is 2. The van der Waals surface area contributed by atoms with Gasteiger partial charge in [0.1, 0.15) is 0 Å². The van der Waals surface area contributed by atoms with Crippen LogP contribution in [0.15, 0.2) is 41.4 Å². The van der Waals surface area contributed by atoms with Crippen LogP contribution in [0, 0.1) is 5.92 Å². The van der Waals surface area contributed by atoms with Crippen molar-refractivity contribution in [3.63, 3.8) is 0 Å². The lowest BCUT2D eigenvalue weighted by Gasteiger charge is -2.21. The predicted octanol–water partition coefficient (Wildman–Crippen LogP) is 2.22. The molecule has 4 rings (SSSR count). The van der Waals surface area contributed by atoms with E-state index in [0.29, 0.717) is 18.3 Å². The van der Waals surface area contributed by atoms with Crippen molar-refractivity contribution in [2.45, 2.75) is 12.8 Å². The number of fused-ring (bicyclic) bond motifs is 1. The SMILES string of the molecule is O=C(Nc1ncc2ccc(-c3cnco3)cc2n1)C1CCCNC1. The number of amides is 1. The summed E-state index contributed by atoms with van der Waals surface area (Å²) in [5.41, 5.74) is 1.63. The van der Waals surface area contributed by atoms with Crippen LogP contribution in [-0.2, 0) is 4.79 Å². The third-order valence-electron chi connectivity index (χ3n) is 4.20.